The van der Waals surface area contributed by atoms with Crippen molar-refractivity contribution in [2.45, 2.75) is 19.4 Å². The van der Waals surface area contributed by atoms with E-state index in [2.05, 4.69) is 52.6 Å². The molecule has 0 amide bonds. The van der Waals surface area contributed by atoms with Crippen LogP contribution in [-0.4, -0.2) is 16.0 Å². The maximum Gasteiger partial charge on any atom is 0.223 e. The van der Waals surface area contributed by atoms with E-state index in [0.717, 1.165) is 6.42 Å². The van der Waals surface area contributed by atoms with Crippen LogP contribution in [0.15, 0.2) is 54.4 Å². The van der Waals surface area contributed by atoms with Crippen LogP contribution in [0.5, 0.6) is 0 Å². The number of hydrogen-bond acceptors (Lipinski definition) is 3. The zero-order valence-electron chi connectivity index (χ0n) is 9.30. The molecule has 0 bridgehead atoms. The smallest absolute Gasteiger partial charge is 0.223 e. The first-order valence-corrected chi connectivity index (χ1v) is 5.43. The second-order valence-electron chi connectivity index (χ2n) is 3.67. The molecule has 1 aliphatic carbocycles. The Bertz CT molecular complexity index is 418. The van der Waals surface area contributed by atoms with E-state index in [-0.39, 0.29) is 6.04 Å². The third-order valence-corrected chi connectivity index (χ3v) is 2.42. The van der Waals surface area contributed by atoms with Crippen LogP contribution in [0.1, 0.15) is 13.3 Å². The summed E-state index contributed by atoms with van der Waals surface area (Å²) in [5, 5.41) is 3.26. The van der Waals surface area contributed by atoms with Gasteiger partial charge >= 0.3 is 0 Å². The highest BCUT2D eigenvalue weighted by molar-refractivity contribution is 5.37. The summed E-state index contributed by atoms with van der Waals surface area (Å²) in [4.78, 5) is 8.29. The number of hydrogen-bond donors (Lipinski definition) is 1. The van der Waals surface area contributed by atoms with E-state index in [4.69, 9.17) is 0 Å². The molecule has 0 saturated heterocycles. The van der Waals surface area contributed by atoms with Crippen LogP contribution in [0.2, 0.25) is 0 Å². The van der Waals surface area contributed by atoms with Crippen LogP contribution in [0.4, 0.5) is 5.95 Å². The van der Waals surface area contributed by atoms with Crippen molar-refractivity contribution in [1.82, 2.24) is 9.97 Å². The number of nitrogens with zero attached hydrogens (tertiary/aromatic N) is 2. The summed E-state index contributed by atoms with van der Waals surface area (Å²) in [5.74, 6) is 0.664. The predicted octanol–water partition coefficient (Wildman–Crippen LogP) is 2.72. The van der Waals surface area contributed by atoms with Gasteiger partial charge in [0.15, 0.2) is 0 Å². The van der Waals surface area contributed by atoms with E-state index >= 15 is 0 Å². The topological polar surface area (TPSA) is 37.8 Å². The lowest BCUT2D eigenvalue weighted by molar-refractivity contribution is 0.919. The first-order chi connectivity index (χ1) is 7.86. The molecule has 3 heteroatoms. The van der Waals surface area contributed by atoms with E-state index in [9.17, 15) is 0 Å². The lowest BCUT2D eigenvalue weighted by atomic mass is 10.1. The molecule has 1 aromatic heterocycles. The lowest BCUT2D eigenvalue weighted by Gasteiger charge is -2.14. The first-order valence-electron chi connectivity index (χ1n) is 5.43. The highest BCUT2D eigenvalue weighted by Crippen LogP contribution is 2.12. The zero-order chi connectivity index (χ0) is 11.2. The fraction of sp³-hybridized carbons (Fsp3) is 0.231. The van der Waals surface area contributed by atoms with Gasteiger partial charge < -0.3 is 5.32 Å². The maximum absolute atomic E-state index is 4.15. The van der Waals surface area contributed by atoms with Crippen molar-refractivity contribution in [3.05, 3.63) is 54.4 Å². The van der Waals surface area contributed by atoms with E-state index in [1.54, 1.807) is 12.4 Å². The van der Waals surface area contributed by atoms with Crippen molar-refractivity contribution in [2.24, 2.45) is 0 Å². The molecule has 0 radical (unpaired) electrons. The van der Waals surface area contributed by atoms with Crippen molar-refractivity contribution in [2.75, 3.05) is 5.32 Å². The molecular formula is C13H15N3. The second-order valence-corrected chi connectivity index (χ2v) is 3.67. The van der Waals surface area contributed by atoms with Gasteiger partial charge in [0.1, 0.15) is 0 Å². The van der Waals surface area contributed by atoms with Gasteiger partial charge in [-0.3, -0.25) is 0 Å². The summed E-state index contributed by atoms with van der Waals surface area (Å²) in [7, 11) is 0. The molecule has 16 heavy (non-hydrogen) atoms. The molecule has 0 fully saturated rings. The fourth-order valence-electron chi connectivity index (χ4n) is 1.54. The Hall–Kier alpha value is -1.90. The minimum atomic E-state index is 0.210. The van der Waals surface area contributed by atoms with Crippen molar-refractivity contribution in [1.29, 1.82) is 0 Å². The molecule has 0 spiro atoms. The molecule has 0 unspecified atom stereocenters. The summed E-state index contributed by atoms with van der Waals surface area (Å²) in [6.45, 7) is 2.10. The first kappa shape index (κ1) is 10.6. The summed E-state index contributed by atoms with van der Waals surface area (Å²) in [5.41, 5.74) is 1.24. The standard InChI is InChI=1S/C13H15N3/c1-11(12-7-4-2-3-5-8-12)16-13-14-9-6-10-15-13/h2,4-11H,3H2,1H3,(H,14,15,16)/t11-/m1/s1. The highest BCUT2D eigenvalue weighted by atomic mass is 15.1. The molecule has 1 heterocycles. The van der Waals surface area contributed by atoms with Crippen molar-refractivity contribution in [3.63, 3.8) is 0 Å². The fourth-order valence-corrected chi connectivity index (χ4v) is 1.54. The number of allylic oxidation sites excluding steroid dienone is 4. The van der Waals surface area contributed by atoms with Gasteiger partial charge in [-0.25, -0.2) is 9.97 Å². The molecule has 3 nitrogen and oxygen atoms in total. The van der Waals surface area contributed by atoms with E-state index < -0.39 is 0 Å². The van der Waals surface area contributed by atoms with Crippen LogP contribution < -0.4 is 5.32 Å². The van der Waals surface area contributed by atoms with Gasteiger partial charge in [0.2, 0.25) is 5.95 Å². The Morgan fingerprint density at radius 3 is 2.88 bits per heavy atom. The molecule has 0 saturated carbocycles. The maximum atomic E-state index is 4.15. The normalized spacial score (nSPS) is 16.4. The SMILES string of the molecule is C[C@@H](Nc1ncccn1)C1=CC=CCC=C1. The number of nitrogens with one attached hydrogen (secondary N) is 1. The predicted molar refractivity (Wildman–Crippen MR) is 66.1 cm³/mol. The Balaban J connectivity index is 2.05. The van der Waals surface area contributed by atoms with Gasteiger partial charge in [-0.1, -0.05) is 30.4 Å². The largest absolute Gasteiger partial charge is 0.348 e. The van der Waals surface area contributed by atoms with Crippen LogP contribution in [0.25, 0.3) is 0 Å². The van der Waals surface area contributed by atoms with Crippen molar-refractivity contribution in [3.8, 4) is 0 Å². The third-order valence-electron chi connectivity index (χ3n) is 2.42. The zero-order valence-corrected chi connectivity index (χ0v) is 9.30. The molecule has 2 rings (SSSR count). The van der Waals surface area contributed by atoms with Crippen molar-refractivity contribution < 1.29 is 0 Å². The molecular weight excluding hydrogens is 198 g/mol. The molecule has 1 aromatic rings. The highest BCUT2D eigenvalue weighted by Gasteiger charge is 2.06. The van der Waals surface area contributed by atoms with Crippen LogP contribution in [0.3, 0.4) is 0 Å². The lowest BCUT2D eigenvalue weighted by Crippen LogP contribution is -2.18. The summed E-state index contributed by atoms with van der Waals surface area (Å²) < 4.78 is 0. The third kappa shape index (κ3) is 2.79. The molecule has 82 valence electrons. The molecule has 1 atom stereocenters. The Morgan fingerprint density at radius 2 is 2.06 bits per heavy atom. The molecule has 1 aliphatic rings. The summed E-state index contributed by atoms with van der Waals surface area (Å²) in [6, 6.07) is 2.02. The molecule has 1 N–H and O–H groups in total. The van der Waals surface area contributed by atoms with Crippen LogP contribution >= 0.6 is 0 Å². The summed E-state index contributed by atoms with van der Waals surface area (Å²) in [6.07, 6.45) is 15.1. The molecule has 0 aliphatic heterocycles. The molecule has 0 aromatic carbocycles. The van der Waals surface area contributed by atoms with Crippen LogP contribution in [-0.2, 0) is 0 Å². The average Bonchev–Trinajstić information content (AvgIpc) is 2.59. The van der Waals surface area contributed by atoms with E-state index in [0.29, 0.717) is 5.95 Å². The quantitative estimate of drug-likeness (QED) is 0.839. The Morgan fingerprint density at radius 1 is 1.25 bits per heavy atom. The minimum absolute atomic E-state index is 0.210. The van der Waals surface area contributed by atoms with Gasteiger partial charge in [0.25, 0.3) is 0 Å². The summed E-state index contributed by atoms with van der Waals surface area (Å²) >= 11 is 0. The van der Waals surface area contributed by atoms with Crippen LogP contribution in [0, 0.1) is 0 Å². The number of anilines is 1. The Kier molecular flexibility index (Phi) is 3.49. The monoisotopic (exact) mass is 213 g/mol. The van der Waals surface area contributed by atoms with Gasteiger partial charge in [-0.15, -0.1) is 0 Å². The number of rotatable bonds is 3. The minimum Gasteiger partial charge on any atom is -0.348 e. The Labute approximate surface area is 95.6 Å². The number of aromatic nitrogens is 2. The van der Waals surface area contributed by atoms with Gasteiger partial charge in [0, 0.05) is 12.4 Å². The van der Waals surface area contributed by atoms with E-state index in [1.807, 2.05) is 6.07 Å². The average molecular weight is 213 g/mol. The van der Waals surface area contributed by atoms with E-state index in [1.165, 1.54) is 5.57 Å². The second kappa shape index (κ2) is 5.26. The van der Waals surface area contributed by atoms with Crippen molar-refractivity contribution >= 4 is 5.95 Å². The van der Waals surface area contributed by atoms with Gasteiger partial charge in [0.05, 0.1) is 6.04 Å². The van der Waals surface area contributed by atoms with Gasteiger partial charge in [-0.2, -0.15) is 0 Å². The van der Waals surface area contributed by atoms with Gasteiger partial charge in [-0.05, 0) is 25.0 Å².